The van der Waals surface area contributed by atoms with Crippen molar-refractivity contribution in [3.05, 3.63) is 46.9 Å². The summed E-state index contributed by atoms with van der Waals surface area (Å²) in [6.45, 7) is 4.88. The fourth-order valence-corrected chi connectivity index (χ4v) is 2.74. The highest BCUT2D eigenvalue weighted by Crippen LogP contribution is 2.19. The number of benzene rings is 1. The second-order valence-electron chi connectivity index (χ2n) is 5.78. The van der Waals surface area contributed by atoms with E-state index >= 15 is 0 Å². The quantitative estimate of drug-likeness (QED) is 0.844. The third kappa shape index (κ3) is 3.60. The highest BCUT2D eigenvalue weighted by molar-refractivity contribution is 6.04. The average Bonchev–Trinajstić information content (AvgIpc) is 2.91. The highest BCUT2D eigenvalue weighted by Gasteiger charge is 2.19. The van der Waals surface area contributed by atoms with Crippen LogP contribution in [0, 0.1) is 6.92 Å². The molecule has 0 radical (unpaired) electrons. The number of fused-ring (bicyclic) bond motifs is 1. The summed E-state index contributed by atoms with van der Waals surface area (Å²) in [5.74, 6) is 0.240. The van der Waals surface area contributed by atoms with Crippen molar-refractivity contribution in [3.63, 3.8) is 0 Å². The number of rotatable bonds is 5. The third-order valence-electron chi connectivity index (χ3n) is 4.11. The Morgan fingerprint density at radius 2 is 2.24 bits per heavy atom. The molecule has 0 aliphatic carbocycles. The lowest BCUT2D eigenvalue weighted by Crippen LogP contribution is -2.10. The van der Waals surface area contributed by atoms with Gasteiger partial charge in [0.15, 0.2) is 5.69 Å². The molecule has 0 saturated heterocycles. The molecule has 2 heterocycles. The predicted molar refractivity (Wildman–Crippen MR) is 94.4 cm³/mol. The Kier molecular flexibility index (Phi) is 4.92. The summed E-state index contributed by atoms with van der Waals surface area (Å²) in [5.41, 5.74) is 3.12. The number of nitrogens with zero attached hydrogens (tertiary/aromatic N) is 3. The molecular weight excluding hydrogens is 320 g/mol. The molecule has 1 aliphatic rings. The van der Waals surface area contributed by atoms with E-state index in [1.54, 1.807) is 19.3 Å². The van der Waals surface area contributed by atoms with Gasteiger partial charge in [-0.2, -0.15) is 0 Å². The smallest absolute Gasteiger partial charge is 0.338 e. The molecule has 0 saturated carbocycles. The lowest BCUT2D eigenvalue weighted by molar-refractivity contribution is 0.0526. The van der Waals surface area contributed by atoms with Gasteiger partial charge in [0.05, 0.1) is 24.8 Å². The van der Waals surface area contributed by atoms with Crippen molar-refractivity contribution in [2.75, 3.05) is 18.5 Å². The van der Waals surface area contributed by atoms with Gasteiger partial charge in [0, 0.05) is 6.54 Å². The lowest BCUT2D eigenvalue weighted by Gasteiger charge is -2.11. The van der Waals surface area contributed by atoms with Gasteiger partial charge in [-0.05, 0) is 43.5 Å². The Balaban J connectivity index is 1.78. The number of carbonyl (C=O) groups is 2. The fraction of sp³-hybridized carbons (Fsp3) is 0.333. The van der Waals surface area contributed by atoms with Crippen molar-refractivity contribution < 1.29 is 14.3 Å². The number of esters is 1. The molecule has 1 N–H and O–H groups in total. The van der Waals surface area contributed by atoms with Crippen molar-refractivity contribution >= 4 is 23.9 Å². The number of Topliss-reactive ketones (excluding diaryl/α,β-unsaturated/α-hetero) is 1. The van der Waals surface area contributed by atoms with Crippen LogP contribution in [0.3, 0.4) is 0 Å². The first-order chi connectivity index (χ1) is 12.1. The minimum absolute atomic E-state index is 0.101. The number of aliphatic imine (C=N–C) groups is 1. The Bertz CT molecular complexity index is 839. The Morgan fingerprint density at radius 3 is 3.04 bits per heavy atom. The molecule has 1 aromatic carbocycles. The monoisotopic (exact) mass is 340 g/mol. The number of carbonyl (C=O) groups excluding carboxylic acids is 2. The Morgan fingerprint density at radius 1 is 1.40 bits per heavy atom. The summed E-state index contributed by atoms with van der Waals surface area (Å²) in [5, 5.41) is 3.02. The van der Waals surface area contributed by atoms with Crippen LogP contribution in [0.4, 0.5) is 5.82 Å². The maximum atomic E-state index is 11.9. The van der Waals surface area contributed by atoms with Crippen molar-refractivity contribution in [1.29, 1.82) is 0 Å². The normalized spacial score (nSPS) is 13.1. The molecule has 25 heavy (non-hydrogen) atoms. The van der Waals surface area contributed by atoms with Crippen LogP contribution < -0.4 is 5.32 Å². The van der Waals surface area contributed by atoms with E-state index in [1.165, 1.54) is 6.34 Å². The molecule has 0 unspecified atom stereocenters. The molecule has 0 amide bonds. The molecule has 1 aliphatic heterocycles. The maximum absolute atomic E-state index is 11.9. The van der Waals surface area contributed by atoms with Gasteiger partial charge in [-0.1, -0.05) is 6.07 Å². The van der Waals surface area contributed by atoms with Crippen LogP contribution in [0.25, 0.3) is 0 Å². The number of anilines is 1. The van der Waals surface area contributed by atoms with Crippen LogP contribution in [0.1, 0.15) is 38.9 Å². The average molecular weight is 340 g/mol. The first-order valence-electron chi connectivity index (χ1n) is 8.20. The zero-order valence-corrected chi connectivity index (χ0v) is 14.3. The van der Waals surface area contributed by atoms with E-state index in [9.17, 15) is 9.59 Å². The zero-order valence-electron chi connectivity index (χ0n) is 14.3. The molecule has 0 atom stereocenters. The predicted octanol–water partition coefficient (Wildman–Crippen LogP) is 2.25. The number of ether oxygens (including phenoxy) is 1. The number of ketones is 1. The van der Waals surface area contributed by atoms with Gasteiger partial charge in [0.25, 0.3) is 0 Å². The number of aromatic nitrogens is 2. The summed E-state index contributed by atoms with van der Waals surface area (Å²) in [6, 6.07) is 5.56. The summed E-state index contributed by atoms with van der Waals surface area (Å²) in [6.07, 6.45) is 3.88. The van der Waals surface area contributed by atoms with E-state index in [2.05, 4.69) is 15.3 Å². The zero-order chi connectivity index (χ0) is 17.8. The number of imidazole rings is 1. The Hall–Kier alpha value is -2.96. The number of nitrogens with one attached hydrogen (secondary N) is 1. The van der Waals surface area contributed by atoms with Gasteiger partial charge in [0.1, 0.15) is 12.4 Å². The van der Waals surface area contributed by atoms with Crippen molar-refractivity contribution in [2.45, 2.75) is 26.8 Å². The van der Waals surface area contributed by atoms with Crippen LogP contribution in [0.5, 0.6) is 0 Å². The third-order valence-corrected chi connectivity index (χ3v) is 4.11. The fourth-order valence-electron chi connectivity index (χ4n) is 2.74. The van der Waals surface area contributed by atoms with Gasteiger partial charge < -0.3 is 14.6 Å². The second-order valence-corrected chi connectivity index (χ2v) is 5.78. The summed E-state index contributed by atoms with van der Waals surface area (Å²) in [4.78, 5) is 32.0. The minimum atomic E-state index is -0.316. The molecule has 3 rings (SSSR count). The van der Waals surface area contributed by atoms with Crippen molar-refractivity contribution in [1.82, 2.24) is 9.55 Å². The van der Waals surface area contributed by atoms with E-state index in [-0.39, 0.29) is 18.3 Å². The van der Waals surface area contributed by atoms with E-state index in [1.807, 2.05) is 23.6 Å². The van der Waals surface area contributed by atoms with E-state index < -0.39 is 0 Å². The molecule has 7 nitrogen and oxygen atoms in total. The van der Waals surface area contributed by atoms with E-state index in [0.717, 1.165) is 11.1 Å². The first kappa shape index (κ1) is 16.9. The summed E-state index contributed by atoms with van der Waals surface area (Å²) < 4.78 is 6.95. The summed E-state index contributed by atoms with van der Waals surface area (Å²) in [7, 11) is 0. The van der Waals surface area contributed by atoms with Gasteiger partial charge in [-0.3, -0.25) is 9.79 Å². The SMILES string of the molecule is CCOC(=O)c1ccc(C)c(CCn2cnc3c2NC=NCC3=O)c1. The maximum Gasteiger partial charge on any atom is 0.338 e. The number of hydrogen-bond acceptors (Lipinski definition) is 6. The topological polar surface area (TPSA) is 85.6 Å². The van der Waals surface area contributed by atoms with Gasteiger partial charge >= 0.3 is 5.97 Å². The van der Waals surface area contributed by atoms with Crippen LogP contribution in [-0.4, -0.2) is 40.8 Å². The highest BCUT2D eigenvalue weighted by atomic mass is 16.5. The van der Waals surface area contributed by atoms with Crippen LogP contribution in [0.15, 0.2) is 29.5 Å². The number of aryl methyl sites for hydroxylation is 3. The lowest BCUT2D eigenvalue weighted by atomic mass is 10.0. The van der Waals surface area contributed by atoms with Gasteiger partial charge in [0.2, 0.25) is 5.78 Å². The van der Waals surface area contributed by atoms with Crippen LogP contribution in [-0.2, 0) is 17.7 Å². The van der Waals surface area contributed by atoms with E-state index in [4.69, 9.17) is 4.74 Å². The van der Waals surface area contributed by atoms with Crippen molar-refractivity contribution in [3.8, 4) is 0 Å². The van der Waals surface area contributed by atoms with Gasteiger partial charge in [-0.15, -0.1) is 0 Å². The Labute approximate surface area is 145 Å². The molecule has 7 heteroatoms. The van der Waals surface area contributed by atoms with Crippen molar-refractivity contribution in [2.24, 2.45) is 4.99 Å². The standard InChI is InChI=1S/C18H20N4O3/c1-3-25-18(24)14-5-4-12(2)13(8-14)6-7-22-11-21-16-15(23)9-19-10-20-17(16)22/h4-5,8,10-11H,3,6-7,9H2,1-2H3,(H,19,20). The molecule has 130 valence electrons. The van der Waals surface area contributed by atoms with E-state index in [0.29, 0.717) is 36.6 Å². The second kappa shape index (κ2) is 7.29. The first-order valence-corrected chi connectivity index (χ1v) is 8.20. The molecule has 1 aromatic heterocycles. The largest absolute Gasteiger partial charge is 0.462 e. The molecule has 0 fully saturated rings. The van der Waals surface area contributed by atoms with Gasteiger partial charge in [-0.25, -0.2) is 9.78 Å². The molecular formula is C18H20N4O3. The number of hydrogen-bond donors (Lipinski definition) is 1. The summed E-state index contributed by atoms with van der Waals surface area (Å²) >= 11 is 0. The van der Waals surface area contributed by atoms with Crippen LogP contribution in [0.2, 0.25) is 0 Å². The minimum Gasteiger partial charge on any atom is -0.462 e. The van der Waals surface area contributed by atoms with Crippen LogP contribution >= 0.6 is 0 Å². The molecule has 0 spiro atoms. The molecule has 2 aromatic rings. The molecule has 0 bridgehead atoms.